The van der Waals surface area contributed by atoms with E-state index in [4.69, 9.17) is 24.1 Å². The van der Waals surface area contributed by atoms with Crippen LogP contribution in [0.2, 0.25) is 0 Å². The molecule has 9 aromatic rings. The van der Waals surface area contributed by atoms with Gasteiger partial charge in [-0.15, -0.1) is 0 Å². The highest BCUT2D eigenvalue weighted by Crippen LogP contribution is 2.49. The highest BCUT2D eigenvalue weighted by molar-refractivity contribution is 6.12. The third kappa shape index (κ3) is 4.22. The lowest BCUT2D eigenvalue weighted by Gasteiger charge is -2.23. The molecule has 0 bridgehead atoms. The Morgan fingerprint density at radius 1 is 0.354 bits per heavy atom. The molecule has 5 nitrogen and oxygen atoms in total. The smallest absolute Gasteiger partial charge is 0.164 e. The number of para-hydroxylation sites is 1. The molecule has 0 radical (unpaired) electrons. The predicted octanol–water partition coefficient (Wildman–Crippen LogP) is 11.4. The van der Waals surface area contributed by atoms with E-state index in [0.717, 1.165) is 83.2 Å². The van der Waals surface area contributed by atoms with Crippen molar-refractivity contribution in [3.63, 3.8) is 0 Å². The molecule has 0 fully saturated rings. The zero-order chi connectivity index (χ0) is 31.6. The number of hydrogen-bond donors (Lipinski definition) is 0. The van der Waals surface area contributed by atoms with Gasteiger partial charge in [0.2, 0.25) is 0 Å². The molecular weight excluding hydrogens is 590 g/mol. The molecule has 0 saturated carbocycles. The molecule has 0 spiro atoms. The van der Waals surface area contributed by atoms with Crippen molar-refractivity contribution < 1.29 is 9.15 Å². The molecule has 0 saturated heterocycles. The number of fused-ring (bicyclic) bond motifs is 5. The van der Waals surface area contributed by atoms with Crippen molar-refractivity contribution in [1.82, 2.24) is 15.0 Å². The molecule has 48 heavy (non-hydrogen) atoms. The van der Waals surface area contributed by atoms with E-state index in [0.29, 0.717) is 17.5 Å². The summed E-state index contributed by atoms with van der Waals surface area (Å²) in [6.07, 6.45) is 0. The largest absolute Gasteiger partial charge is 0.456 e. The average molecular weight is 616 g/mol. The quantitative estimate of drug-likeness (QED) is 0.197. The van der Waals surface area contributed by atoms with Crippen LogP contribution in [-0.4, -0.2) is 15.0 Å². The van der Waals surface area contributed by atoms with Crippen LogP contribution in [0.1, 0.15) is 0 Å². The van der Waals surface area contributed by atoms with Crippen LogP contribution in [0, 0.1) is 0 Å². The summed E-state index contributed by atoms with van der Waals surface area (Å²) in [6, 6.07) is 51.6. The Hall–Kier alpha value is -6.59. The Bertz CT molecular complexity index is 2640. The normalized spacial score (nSPS) is 11.9. The first kappa shape index (κ1) is 26.6. The minimum atomic E-state index is 0.609. The molecule has 2 aromatic heterocycles. The molecule has 0 aliphatic carbocycles. The third-order valence-corrected chi connectivity index (χ3v) is 9.14. The molecule has 10 rings (SSSR count). The van der Waals surface area contributed by atoms with Crippen molar-refractivity contribution in [2.75, 3.05) is 0 Å². The lowest BCUT2D eigenvalue weighted by Crippen LogP contribution is -2.01. The zero-order valence-corrected chi connectivity index (χ0v) is 25.6. The van der Waals surface area contributed by atoms with Crippen molar-refractivity contribution in [1.29, 1.82) is 0 Å². The molecule has 224 valence electrons. The van der Waals surface area contributed by atoms with E-state index in [1.807, 2.05) is 84.9 Å². The fourth-order valence-corrected chi connectivity index (χ4v) is 6.85. The highest BCUT2D eigenvalue weighted by Gasteiger charge is 2.23. The number of hydrogen-bond acceptors (Lipinski definition) is 5. The molecule has 0 N–H and O–H groups in total. The SMILES string of the molecule is c1ccc(-c2nc(-c3ccccc3)nc(-c3ccc4c(c3)-c3cccc5c(-c6ccc7oc8ccccc8c7c6)ccc(c35)O4)n2)cc1. The van der Waals surface area contributed by atoms with E-state index < -0.39 is 0 Å². The van der Waals surface area contributed by atoms with Gasteiger partial charge in [-0.2, -0.15) is 0 Å². The van der Waals surface area contributed by atoms with Crippen LogP contribution in [0.25, 0.3) is 89.1 Å². The summed E-state index contributed by atoms with van der Waals surface area (Å²) in [5.41, 5.74) is 8.93. The van der Waals surface area contributed by atoms with Gasteiger partial charge in [0.15, 0.2) is 17.5 Å². The highest BCUT2D eigenvalue weighted by atomic mass is 16.5. The van der Waals surface area contributed by atoms with E-state index in [-0.39, 0.29) is 0 Å². The summed E-state index contributed by atoms with van der Waals surface area (Å²) < 4.78 is 12.7. The molecule has 1 aliphatic rings. The van der Waals surface area contributed by atoms with Crippen LogP contribution in [0.3, 0.4) is 0 Å². The van der Waals surface area contributed by atoms with E-state index in [9.17, 15) is 0 Å². The van der Waals surface area contributed by atoms with Crippen molar-refractivity contribution in [3.05, 3.63) is 152 Å². The van der Waals surface area contributed by atoms with Crippen LogP contribution in [0.15, 0.2) is 156 Å². The molecule has 5 heteroatoms. The first-order chi connectivity index (χ1) is 23.8. The van der Waals surface area contributed by atoms with Gasteiger partial charge in [-0.1, -0.05) is 109 Å². The summed E-state index contributed by atoms with van der Waals surface area (Å²) in [7, 11) is 0. The standard InChI is InChI=1S/C43H25N3O2/c1-3-10-26(11-4-1)41-44-42(27-12-5-2-6-13-27)46-43(45-41)29-19-22-38-35(25-29)33-16-9-15-32-30(20-23-39(48-38)40(32)33)28-18-21-37-34(24-28)31-14-7-8-17-36(31)47-37/h1-25H. The number of ether oxygens (including phenoxy) is 1. The second kappa shape index (κ2) is 10.5. The van der Waals surface area contributed by atoms with Gasteiger partial charge in [0.05, 0.1) is 0 Å². The molecular formula is C43H25N3O2. The second-order valence-corrected chi connectivity index (χ2v) is 12.0. The average Bonchev–Trinajstić information content (AvgIpc) is 3.53. The fraction of sp³-hybridized carbons (Fsp3) is 0. The first-order valence-electron chi connectivity index (χ1n) is 15.9. The first-order valence-corrected chi connectivity index (χ1v) is 15.9. The van der Waals surface area contributed by atoms with Gasteiger partial charge < -0.3 is 9.15 Å². The number of rotatable bonds is 4. The van der Waals surface area contributed by atoms with Crippen LogP contribution >= 0.6 is 0 Å². The van der Waals surface area contributed by atoms with Crippen LogP contribution in [0.5, 0.6) is 11.5 Å². The molecule has 1 aliphatic heterocycles. The van der Waals surface area contributed by atoms with Crippen LogP contribution in [0.4, 0.5) is 0 Å². The maximum absolute atomic E-state index is 6.56. The van der Waals surface area contributed by atoms with Gasteiger partial charge in [0, 0.05) is 38.4 Å². The fourth-order valence-electron chi connectivity index (χ4n) is 6.85. The van der Waals surface area contributed by atoms with Crippen molar-refractivity contribution >= 4 is 32.7 Å². The Morgan fingerprint density at radius 3 is 1.75 bits per heavy atom. The number of aromatic nitrogens is 3. The predicted molar refractivity (Wildman–Crippen MR) is 192 cm³/mol. The van der Waals surface area contributed by atoms with Gasteiger partial charge in [-0.25, -0.2) is 15.0 Å². The summed E-state index contributed by atoms with van der Waals surface area (Å²) in [6.45, 7) is 0. The number of furan rings is 1. The molecule has 0 amide bonds. The molecule has 3 heterocycles. The van der Waals surface area contributed by atoms with E-state index in [2.05, 4.69) is 66.7 Å². The van der Waals surface area contributed by atoms with E-state index >= 15 is 0 Å². The lowest BCUT2D eigenvalue weighted by atomic mass is 9.89. The van der Waals surface area contributed by atoms with Gasteiger partial charge in [-0.3, -0.25) is 0 Å². The third-order valence-electron chi connectivity index (χ3n) is 9.14. The summed E-state index contributed by atoms with van der Waals surface area (Å²) in [5.74, 6) is 3.52. The summed E-state index contributed by atoms with van der Waals surface area (Å²) in [5, 5.41) is 4.44. The van der Waals surface area contributed by atoms with Gasteiger partial charge in [-0.05, 0) is 64.5 Å². The second-order valence-electron chi connectivity index (χ2n) is 12.0. The Labute approximate surface area is 275 Å². The molecule has 7 aromatic carbocycles. The van der Waals surface area contributed by atoms with E-state index in [1.54, 1.807) is 0 Å². The van der Waals surface area contributed by atoms with Gasteiger partial charge in [0.25, 0.3) is 0 Å². The number of benzene rings is 7. The minimum Gasteiger partial charge on any atom is -0.456 e. The Kier molecular flexibility index (Phi) is 5.81. The Balaban J connectivity index is 1.13. The van der Waals surface area contributed by atoms with Crippen molar-refractivity contribution in [2.24, 2.45) is 0 Å². The summed E-state index contributed by atoms with van der Waals surface area (Å²) in [4.78, 5) is 14.8. The van der Waals surface area contributed by atoms with Crippen LogP contribution in [-0.2, 0) is 0 Å². The number of nitrogens with zero attached hydrogens (tertiary/aromatic N) is 3. The lowest BCUT2D eigenvalue weighted by molar-refractivity contribution is 0.487. The monoisotopic (exact) mass is 615 g/mol. The van der Waals surface area contributed by atoms with Crippen molar-refractivity contribution in [3.8, 4) is 67.9 Å². The minimum absolute atomic E-state index is 0.609. The topological polar surface area (TPSA) is 61.0 Å². The summed E-state index contributed by atoms with van der Waals surface area (Å²) >= 11 is 0. The molecule has 0 unspecified atom stereocenters. The van der Waals surface area contributed by atoms with Crippen molar-refractivity contribution in [2.45, 2.75) is 0 Å². The van der Waals surface area contributed by atoms with E-state index in [1.165, 1.54) is 0 Å². The Morgan fingerprint density at radius 2 is 0.979 bits per heavy atom. The van der Waals surface area contributed by atoms with Gasteiger partial charge >= 0.3 is 0 Å². The molecule has 0 atom stereocenters. The van der Waals surface area contributed by atoms with Gasteiger partial charge in [0.1, 0.15) is 22.7 Å². The van der Waals surface area contributed by atoms with Crippen LogP contribution < -0.4 is 4.74 Å². The maximum atomic E-state index is 6.56. The zero-order valence-electron chi connectivity index (χ0n) is 25.6. The maximum Gasteiger partial charge on any atom is 0.164 e.